The summed E-state index contributed by atoms with van der Waals surface area (Å²) in [5.41, 5.74) is 0.943. The molecular formula is C24H17Cl2F3N6O2. The number of benzene rings is 1. The summed E-state index contributed by atoms with van der Waals surface area (Å²) < 4.78 is 49.1. The fraction of sp³-hybridized carbons (Fsp3) is 0.167. The Labute approximate surface area is 217 Å². The van der Waals surface area contributed by atoms with Crippen LogP contribution in [0.5, 0.6) is 0 Å². The maximum atomic E-state index is 13.9. The summed E-state index contributed by atoms with van der Waals surface area (Å²) in [4.78, 5) is 17.3. The Kier molecular flexibility index (Phi) is 6.65. The number of anilines is 1. The standard InChI is InChI=1S/C24H17Cl2F3N6O2/c1-12-21-15(22(28)29)8-18(19-3-2-6-37-19)30-24(21)35(32-12)11-20(36)31-23-17(26)10-34(33-23)9-13-4-5-14(27)7-16(13)25/h2-8,10,22H,9,11H2,1H3,(H,31,33,36). The minimum absolute atomic E-state index is 0.0792. The van der Waals surface area contributed by atoms with E-state index in [1.54, 1.807) is 19.1 Å². The van der Waals surface area contributed by atoms with Crippen LogP contribution < -0.4 is 5.32 Å². The molecule has 1 amide bonds. The number of furan rings is 1. The van der Waals surface area contributed by atoms with Gasteiger partial charge in [-0.2, -0.15) is 10.2 Å². The first-order chi connectivity index (χ1) is 17.7. The molecule has 5 rings (SSSR count). The van der Waals surface area contributed by atoms with Gasteiger partial charge in [0.15, 0.2) is 17.2 Å². The van der Waals surface area contributed by atoms with Gasteiger partial charge in [0.2, 0.25) is 5.91 Å². The number of aryl methyl sites for hydroxylation is 1. The normalized spacial score (nSPS) is 11.5. The molecule has 13 heteroatoms. The van der Waals surface area contributed by atoms with Crippen LogP contribution in [0.25, 0.3) is 22.5 Å². The average molecular weight is 549 g/mol. The SMILES string of the molecule is Cc1nn(CC(=O)Nc2nn(Cc3ccc(F)cc3Cl)cc2Cl)c2nc(-c3ccco3)cc(C(F)F)c12. The summed E-state index contributed by atoms with van der Waals surface area (Å²) in [6, 6.07) is 8.45. The van der Waals surface area contributed by atoms with Crippen molar-refractivity contribution in [3.63, 3.8) is 0 Å². The van der Waals surface area contributed by atoms with Crippen molar-refractivity contribution in [1.82, 2.24) is 24.5 Å². The largest absolute Gasteiger partial charge is 0.463 e. The van der Waals surface area contributed by atoms with Gasteiger partial charge in [0.25, 0.3) is 6.43 Å². The second-order valence-electron chi connectivity index (χ2n) is 8.12. The molecule has 4 heterocycles. The molecule has 8 nitrogen and oxygen atoms in total. The molecule has 0 aliphatic rings. The first-order valence-electron chi connectivity index (χ1n) is 10.9. The van der Waals surface area contributed by atoms with E-state index in [2.05, 4.69) is 20.5 Å². The number of nitrogens with one attached hydrogen (secondary N) is 1. The Hall–Kier alpha value is -3.83. The zero-order chi connectivity index (χ0) is 26.3. The summed E-state index contributed by atoms with van der Waals surface area (Å²) >= 11 is 12.3. The molecule has 190 valence electrons. The number of pyridine rings is 1. The number of carbonyl (C=O) groups is 1. The first kappa shape index (κ1) is 24.8. The monoisotopic (exact) mass is 548 g/mol. The Balaban J connectivity index is 1.40. The van der Waals surface area contributed by atoms with Gasteiger partial charge < -0.3 is 9.73 Å². The van der Waals surface area contributed by atoms with E-state index in [4.69, 9.17) is 27.6 Å². The number of hydrogen-bond donors (Lipinski definition) is 1. The van der Waals surface area contributed by atoms with Crippen LogP contribution in [0.4, 0.5) is 19.0 Å². The molecule has 0 fully saturated rings. The van der Waals surface area contributed by atoms with Crippen LogP contribution in [-0.2, 0) is 17.9 Å². The van der Waals surface area contributed by atoms with Crippen LogP contribution in [-0.4, -0.2) is 30.5 Å². The summed E-state index contributed by atoms with van der Waals surface area (Å²) in [5.74, 6) is -0.638. The van der Waals surface area contributed by atoms with Crippen LogP contribution in [0.1, 0.15) is 23.2 Å². The van der Waals surface area contributed by atoms with Gasteiger partial charge in [-0.1, -0.05) is 29.3 Å². The van der Waals surface area contributed by atoms with Crippen molar-refractivity contribution in [3.8, 4) is 11.5 Å². The molecule has 0 saturated carbocycles. The highest BCUT2D eigenvalue weighted by Gasteiger charge is 2.23. The van der Waals surface area contributed by atoms with E-state index < -0.39 is 18.1 Å². The molecule has 1 N–H and O–H groups in total. The maximum Gasteiger partial charge on any atom is 0.264 e. The van der Waals surface area contributed by atoms with Gasteiger partial charge >= 0.3 is 0 Å². The highest BCUT2D eigenvalue weighted by atomic mass is 35.5. The number of hydrogen-bond acceptors (Lipinski definition) is 5. The molecule has 0 radical (unpaired) electrons. The fourth-order valence-electron chi connectivity index (χ4n) is 3.91. The predicted molar refractivity (Wildman–Crippen MR) is 131 cm³/mol. The minimum Gasteiger partial charge on any atom is -0.463 e. The molecule has 5 aromatic rings. The molecule has 0 spiro atoms. The van der Waals surface area contributed by atoms with Crippen molar-refractivity contribution in [3.05, 3.63) is 81.5 Å². The quantitative estimate of drug-likeness (QED) is 0.259. The molecule has 0 aliphatic carbocycles. The Morgan fingerprint density at radius 1 is 1.16 bits per heavy atom. The van der Waals surface area contributed by atoms with Gasteiger partial charge in [0.1, 0.15) is 23.1 Å². The van der Waals surface area contributed by atoms with Gasteiger partial charge in [0.05, 0.1) is 23.9 Å². The third kappa shape index (κ3) is 5.05. The third-order valence-corrected chi connectivity index (χ3v) is 6.16. The number of aromatic nitrogens is 5. The Morgan fingerprint density at radius 2 is 1.97 bits per heavy atom. The van der Waals surface area contributed by atoms with Gasteiger partial charge in [0, 0.05) is 16.8 Å². The summed E-state index contributed by atoms with van der Waals surface area (Å²) in [5, 5.41) is 11.6. The lowest BCUT2D eigenvalue weighted by Gasteiger charge is -2.08. The molecule has 4 aromatic heterocycles. The van der Waals surface area contributed by atoms with Gasteiger partial charge in [-0.05, 0) is 42.8 Å². The van der Waals surface area contributed by atoms with Crippen molar-refractivity contribution >= 4 is 46.0 Å². The van der Waals surface area contributed by atoms with Crippen LogP contribution in [0, 0.1) is 12.7 Å². The highest BCUT2D eigenvalue weighted by molar-refractivity contribution is 6.33. The van der Waals surface area contributed by atoms with E-state index >= 15 is 0 Å². The molecular weight excluding hydrogens is 532 g/mol. The predicted octanol–water partition coefficient (Wildman–Crippen LogP) is 6.27. The number of amides is 1. The van der Waals surface area contributed by atoms with Crippen LogP contribution in [0.2, 0.25) is 10.0 Å². The van der Waals surface area contributed by atoms with E-state index in [0.717, 1.165) is 0 Å². The van der Waals surface area contributed by atoms with Gasteiger partial charge in [-0.3, -0.25) is 9.48 Å². The lowest BCUT2D eigenvalue weighted by molar-refractivity contribution is -0.116. The van der Waals surface area contributed by atoms with Crippen LogP contribution in [0.15, 0.2) is 53.3 Å². The van der Waals surface area contributed by atoms with Crippen LogP contribution >= 0.6 is 23.2 Å². The van der Waals surface area contributed by atoms with E-state index in [-0.39, 0.29) is 51.2 Å². The van der Waals surface area contributed by atoms with E-state index in [0.29, 0.717) is 17.0 Å². The number of halogens is 5. The third-order valence-electron chi connectivity index (χ3n) is 5.53. The molecule has 0 bridgehead atoms. The second kappa shape index (κ2) is 9.91. The van der Waals surface area contributed by atoms with E-state index in [1.807, 2.05) is 0 Å². The fourth-order valence-corrected chi connectivity index (χ4v) is 4.34. The number of rotatable bonds is 7. The van der Waals surface area contributed by atoms with Crippen molar-refractivity contribution in [2.45, 2.75) is 26.4 Å². The van der Waals surface area contributed by atoms with Crippen molar-refractivity contribution in [2.24, 2.45) is 0 Å². The topological polar surface area (TPSA) is 90.8 Å². The van der Waals surface area contributed by atoms with Crippen LogP contribution in [0.3, 0.4) is 0 Å². The van der Waals surface area contributed by atoms with E-state index in [1.165, 1.54) is 46.1 Å². The highest BCUT2D eigenvalue weighted by Crippen LogP contribution is 2.33. The van der Waals surface area contributed by atoms with Crippen molar-refractivity contribution in [2.75, 3.05) is 5.32 Å². The number of carbonyl (C=O) groups excluding carboxylic acids is 1. The molecule has 0 saturated heterocycles. The minimum atomic E-state index is -2.79. The number of alkyl halides is 2. The number of nitrogens with zero attached hydrogens (tertiary/aromatic N) is 5. The molecule has 0 aliphatic heterocycles. The van der Waals surface area contributed by atoms with Gasteiger partial charge in [-0.25, -0.2) is 22.8 Å². The van der Waals surface area contributed by atoms with E-state index in [9.17, 15) is 18.0 Å². The lowest BCUT2D eigenvalue weighted by Crippen LogP contribution is -2.20. The van der Waals surface area contributed by atoms with Crippen molar-refractivity contribution < 1.29 is 22.4 Å². The molecule has 0 atom stereocenters. The van der Waals surface area contributed by atoms with Crippen molar-refractivity contribution in [1.29, 1.82) is 0 Å². The number of fused-ring (bicyclic) bond motifs is 1. The summed E-state index contributed by atoms with van der Waals surface area (Å²) in [6.45, 7) is 1.41. The zero-order valence-corrected chi connectivity index (χ0v) is 20.6. The van der Waals surface area contributed by atoms with Gasteiger partial charge in [-0.15, -0.1) is 0 Å². The first-order valence-corrected chi connectivity index (χ1v) is 11.6. The Morgan fingerprint density at radius 3 is 2.68 bits per heavy atom. The maximum absolute atomic E-state index is 13.9. The Bertz CT molecular complexity index is 1610. The zero-order valence-electron chi connectivity index (χ0n) is 19.1. The molecule has 37 heavy (non-hydrogen) atoms. The lowest BCUT2D eigenvalue weighted by atomic mass is 10.1. The smallest absolute Gasteiger partial charge is 0.264 e. The molecule has 1 aromatic carbocycles. The average Bonchev–Trinajstić information content (AvgIpc) is 3.56. The summed E-state index contributed by atoms with van der Waals surface area (Å²) in [7, 11) is 0. The molecule has 0 unspecified atom stereocenters. The summed E-state index contributed by atoms with van der Waals surface area (Å²) in [6.07, 6.45) is 0.101. The second-order valence-corrected chi connectivity index (χ2v) is 8.94.